The Kier molecular flexibility index (Phi) is 6.94. The largest absolute Gasteiger partial charge is 0.495 e. The molecule has 1 aliphatic rings. The molecule has 3 aromatic rings. The molecular weight excluding hydrogens is 458 g/mol. The van der Waals surface area contributed by atoms with Crippen LogP contribution in [0.1, 0.15) is 5.56 Å². The fraction of sp³-hybridized carbons (Fsp3) is 0.261. The maximum Gasteiger partial charge on any atom is 0.270 e. The van der Waals surface area contributed by atoms with Gasteiger partial charge in [0.15, 0.2) is 0 Å². The van der Waals surface area contributed by atoms with Crippen molar-refractivity contribution in [1.29, 1.82) is 0 Å². The number of hydrogen-bond donors (Lipinski definition) is 1. The lowest BCUT2D eigenvalue weighted by Crippen LogP contribution is -2.46. The summed E-state index contributed by atoms with van der Waals surface area (Å²) in [5, 5.41) is 11.4. The molecule has 0 saturated carbocycles. The Morgan fingerprint density at radius 1 is 1.09 bits per heavy atom. The maximum absolute atomic E-state index is 13.4. The molecule has 10 nitrogen and oxygen atoms in total. The summed E-state index contributed by atoms with van der Waals surface area (Å²) in [6.07, 6.45) is 3.56. The van der Waals surface area contributed by atoms with Crippen LogP contribution in [0.25, 0.3) is 0 Å². The molecule has 0 spiro atoms. The van der Waals surface area contributed by atoms with Gasteiger partial charge in [-0.15, -0.1) is 0 Å². The number of nitrogens with one attached hydrogen (secondary N) is 1. The second-order valence-corrected chi connectivity index (χ2v) is 9.49. The van der Waals surface area contributed by atoms with Gasteiger partial charge in [0, 0.05) is 57.3 Å². The van der Waals surface area contributed by atoms with Crippen LogP contribution in [0.4, 0.5) is 17.1 Å². The minimum atomic E-state index is -4.14. The van der Waals surface area contributed by atoms with Crippen LogP contribution in [0.3, 0.4) is 0 Å². The molecule has 1 fully saturated rings. The van der Waals surface area contributed by atoms with Crippen molar-refractivity contribution in [2.75, 3.05) is 42.9 Å². The van der Waals surface area contributed by atoms with Crippen LogP contribution < -0.4 is 14.4 Å². The fourth-order valence-corrected chi connectivity index (χ4v) is 5.23. The lowest BCUT2D eigenvalue weighted by atomic mass is 10.2. The molecule has 0 radical (unpaired) electrons. The van der Waals surface area contributed by atoms with E-state index in [2.05, 4.69) is 14.6 Å². The molecule has 0 bridgehead atoms. The van der Waals surface area contributed by atoms with E-state index in [9.17, 15) is 18.5 Å². The van der Waals surface area contributed by atoms with Crippen LogP contribution in [0.2, 0.25) is 0 Å². The van der Waals surface area contributed by atoms with Crippen molar-refractivity contribution >= 4 is 27.1 Å². The summed E-state index contributed by atoms with van der Waals surface area (Å²) in [7, 11) is -2.70. The summed E-state index contributed by atoms with van der Waals surface area (Å²) in [5.74, 6) is 0.349. The number of methoxy groups -OCH3 is 1. The quantitative estimate of drug-likeness (QED) is 0.384. The van der Waals surface area contributed by atoms with E-state index in [0.717, 1.165) is 18.2 Å². The molecule has 0 aliphatic carbocycles. The van der Waals surface area contributed by atoms with Gasteiger partial charge < -0.3 is 9.64 Å². The van der Waals surface area contributed by atoms with E-state index in [4.69, 9.17) is 4.74 Å². The molecule has 11 heteroatoms. The van der Waals surface area contributed by atoms with Crippen LogP contribution in [0.15, 0.2) is 71.9 Å². The first-order chi connectivity index (χ1) is 16.4. The van der Waals surface area contributed by atoms with Crippen molar-refractivity contribution < 1.29 is 18.1 Å². The minimum absolute atomic E-state index is 0.145. The molecule has 1 N–H and O–H groups in total. The van der Waals surface area contributed by atoms with Gasteiger partial charge in [-0.3, -0.25) is 24.7 Å². The Balaban J connectivity index is 1.59. The maximum atomic E-state index is 13.4. The van der Waals surface area contributed by atoms with Crippen LogP contribution in [-0.2, 0) is 16.6 Å². The Morgan fingerprint density at radius 2 is 1.85 bits per heavy atom. The highest BCUT2D eigenvalue weighted by Crippen LogP contribution is 2.33. The third kappa shape index (κ3) is 5.26. The predicted molar refractivity (Wildman–Crippen MR) is 129 cm³/mol. The summed E-state index contributed by atoms with van der Waals surface area (Å²) in [6, 6.07) is 14.5. The number of rotatable bonds is 8. The highest BCUT2D eigenvalue weighted by Gasteiger charge is 2.28. The van der Waals surface area contributed by atoms with E-state index in [0.29, 0.717) is 37.6 Å². The van der Waals surface area contributed by atoms with Gasteiger partial charge in [-0.05, 0) is 29.8 Å². The highest BCUT2D eigenvalue weighted by atomic mass is 32.2. The van der Waals surface area contributed by atoms with Gasteiger partial charge in [0.25, 0.3) is 15.7 Å². The molecule has 1 aliphatic heterocycles. The van der Waals surface area contributed by atoms with E-state index in [1.807, 2.05) is 23.2 Å². The third-order valence-electron chi connectivity index (χ3n) is 5.64. The van der Waals surface area contributed by atoms with Crippen molar-refractivity contribution in [3.8, 4) is 5.75 Å². The number of nitro benzene ring substituents is 1. The number of sulfonamides is 1. The number of non-ortho nitro benzene ring substituents is 1. The molecule has 178 valence electrons. The zero-order valence-electron chi connectivity index (χ0n) is 18.6. The molecular formula is C23H25N5O5S. The summed E-state index contributed by atoms with van der Waals surface area (Å²) >= 11 is 0. The number of aromatic nitrogens is 1. The third-order valence-corrected chi connectivity index (χ3v) is 7.03. The molecule has 1 aromatic heterocycles. The van der Waals surface area contributed by atoms with Crippen molar-refractivity contribution in [2.24, 2.45) is 0 Å². The summed E-state index contributed by atoms with van der Waals surface area (Å²) in [4.78, 5) is 19.0. The number of hydrogen-bond acceptors (Lipinski definition) is 8. The van der Waals surface area contributed by atoms with Crippen molar-refractivity contribution in [1.82, 2.24) is 9.88 Å². The Labute approximate surface area is 198 Å². The van der Waals surface area contributed by atoms with Crippen LogP contribution >= 0.6 is 0 Å². The molecule has 2 heterocycles. The number of benzene rings is 2. The van der Waals surface area contributed by atoms with Gasteiger partial charge >= 0.3 is 0 Å². The first-order valence-electron chi connectivity index (χ1n) is 10.7. The molecule has 1 saturated heterocycles. The predicted octanol–water partition coefficient (Wildman–Crippen LogP) is 3.12. The van der Waals surface area contributed by atoms with Crippen LogP contribution in [0.5, 0.6) is 5.75 Å². The smallest absolute Gasteiger partial charge is 0.270 e. The van der Waals surface area contributed by atoms with E-state index < -0.39 is 14.9 Å². The SMILES string of the molecule is COc1ccccc1NS(=O)(=O)c1cc([N+](=O)[O-])ccc1N1CCN(Cc2cccnc2)CC1. The second-order valence-electron chi connectivity index (χ2n) is 7.84. The van der Waals surface area contributed by atoms with Gasteiger partial charge in [0.1, 0.15) is 10.6 Å². The Bertz CT molecular complexity index is 1260. The van der Waals surface area contributed by atoms with E-state index in [1.54, 1.807) is 30.5 Å². The van der Waals surface area contributed by atoms with Crippen LogP contribution in [-0.4, -0.2) is 56.5 Å². The first-order valence-corrected chi connectivity index (χ1v) is 12.2. The van der Waals surface area contributed by atoms with Crippen LogP contribution in [0, 0.1) is 10.1 Å². The van der Waals surface area contributed by atoms with Crippen molar-refractivity contribution in [3.05, 3.63) is 82.7 Å². The monoisotopic (exact) mass is 483 g/mol. The Morgan fingerprint density at radius 3 is 2.53 bits per heavy atom. The van der Waals surface area contributed by atoms with E-state index >= 15 is 0 Å². The highest BCUT2D eigenvalue weighted by molar-refractivity contribution is 7.93. The van der Waals surface area contributed by atoms with Gasteiger partial charge in [-0.1, -0.05) is 18.2 Å². The number of pyridine rings is 1. The summed E-state index contributed by atoms with van der Waals surface area (Å²) in [5.41, 5.74) is 1.49. The van der Waals surface area contributed by atoms with Gasteiger partial charge in [0.2, 0.25) is 0 Å². The molecule has 0 unspecified atom stereocenters. The normalized spacial score (nSPS) is 14.6. The standard InChI is InChI=1S/C23H25N5O5S/c1-33-22-7-3-2-6-20(22)25-34(31,32)23-15-19(28(29)30)8-9-21(23)27-13-11-26(12-14-27)17-18-5-4-10-24-16-18/h2-10,15-16,25H,11-14,17H2,1H3. The topological polar surface area (TPSA) is 118 Å². The van der Waals surface area contributed by atoms with Crippen molar-refractivity contribution in [2.45, 2.75) is 11.4 Å². The molecule has 0 atom stereocenters. The Hall–Kier alpha value is -3.70. The molecule has 34 heavy (non-hydrogen) atoms. The van der Waals surface area contributed by atoms with Gasteiger partial charge in [-0.2, -0.15) is 0 Å². The number of nitrogens with zero attached hydrogens (tertiary/aromatic N) is 4. The number of para-hydroxylation sites is 2. The second kappa shape index (κ2) is 10.1. The fourth-order valence-electron chi connectivity index (χ4n) is 3.92. The zero-order chi connectivity index (χ0) is 24.1. The van der Waals surface area contributed by atoms with Crippen molar-refractivity contribution in [3.63, 3.8) is 0 Å². The lowest BCUT2D eigenvalue weighted by molar-refractivity contribution is -0.385. The van der Waals surface area contributed by atoms with E-state index in [-0.39, 0.29) is 16.3 Å². The number of nitro groups is 1. The number of ether oxygens (including phenoxy) is 1. The molecule has 2 aromatic carbocycles. The van der Waals surface area contributed by atoms with Gasteiger partial charge in [0.05, 0.1) is 23.4 Å². The molecule has 4 rings (SSSR count). The zero-order valence-corrected chi connectivity index (χ0v) is 19.4. The first kappa shape index (κ1) is 23.5. The average molecular weight is 484 g/mol. The average Bonchev–Trinajstić information content (AvgIpc) is 2.85. The summed E-state index contributed by atoms with van der Waals surface area (Å²) < 4.78 is 34.5. The number of anilines is 2. The number of piperazine rings is 1. The van der Waals surface area contributed by atoms with E-state index in [1.165, 1.54) is 19.2 Å². The minimum Gasteiger partial charge on any atom is -0.495 e. The summed E-state index contributed by atoms with van der Waals surface area (Å²) in [6.45, 7) is 3.34. The lowest BCUT2D eigenvalue weighted by Gasteiger charge is -2.36. The van der Waals surface area contributed by atoms with Gasteiger partial charge in [-0.25, -0.2) is 8.42 Å². The molecule has 0 amide bonds.